The van der Waals surface area contributed by atoms with E-state index in [2.05, 4.69) is 25.1 Å². The van der Waals surface area contributed by atoms with E-state index >= 15 is 0 Å². The molecule has 1 atom stereocenters. The van der Waals surface area contributed by atoms with Crippen LogP contribution < -0.4 is 15.4 Å². The van der Waals surface area contributed by atoms with E-state index in [4.69, 9.17) is 10.5 Å². The van der Waals surface area contributed by atoms with Gasteiger partial charge in [0.2, 0.25) is 5.95 Å². The Bertz CT molecular complexity index is 1310. The number of ether oxygens (including phenoxy) is 1. The highest BCUT2D eigenvalue weighted by atomic mass is 19.1. The second-order valence-electron chi connectivity index (χ2n) is 9.09. The van der Waals surface area contributed by atoms with Crippen molar-refractivity contribution in [1.29, 1.82) is 0 Å². The summed E-state index contributed by atoms with van der Waals surface area (Å²) >= 11 is 0. The number of nitrogen functional groups attached to an aromatic ring is 1. The zero-order valence-electron chi connectivity index (χ0n) is 20.2. The molecule has 4 rings (SSSR count). The van der Waals surface area contributed by atoms with Gasteiger partial charge < -0.3 is 20.5 Å². The fourth-order valence-electron chi connectivity index (χ4n) is 3.75. The second-order valence-corrected chi connectivity index (χ2v) is 9.09. The molecular formula is C23H31FN8O2. The van der Waals surface area contributed by atoms with Crippen molar-refractivity contribution in [3.8, 4) is 5.75 Å². The van der Waals surface area contributed by atoms with Crippen LogP contribution in [0, 0.1) is 5.82 Å². The highest BCUT2D eigenvalue weighted by Crippen LogP contribution is 2.29. The smallest absolute Gasteiger partial charge is 0.223 e. The lowest BCUT2D eigenvalue weighted by atomic mass is 9.99. The third-order valence-corrected chi connectivity index (χ3v) is 6.36. The van der Waals surface area contributed by atoms with Crippen molar-refractivity contribution in [3.05, 3.63) is 36.2 Å². The first kappa shape index (κ1) is 23.7. The zero-order valence-corrected chi connectivity index (χ0v) is 20.2. The minimum absolute atomic E-state index is 0.169. The van der Waals surface area contributed by atoms with Crippen LogP contribution in [-0.2, 0) is 12.0 Å². The van der Waals surface area contributed by atoms with Crippen molar-refractivity contribution in [3.63, 3.8) is 0 Å². The van der Waals surface area contributed by atoms with Crippen molar-refractivity contribution < 1.29 is 14.2 Å². The number of aliphatic hydroxyl groups is 1. The summed E-state index contributed by atoms with van der Waals surface area (Å²) in [4.78, 5) is 11.1. The van der Waals surface area contributed by atoms with Gasteiger partial charge in [-0.2, -0.15) is 9.61 Å². The molecule has 0 aliphatic rings. The molecule has 0 saturated heterocycles. The summed E-state index contributed by atoms with van der Waals surface area (Å²) in [5.74, 6) is 0.656. The van der Waals surface area contributed by atoms with Crippen LogP contribution in [0.5, 0.6) is 5.75 Å². The number of hydrogen-bond acceptors (Lipinski definition) is 8. The Morgan fingerprint density at radius 3 is 2.74 bits per heavy atom. The van der Waals surface area contributed by atoms with Crippen molar-refractivity contribution in [2.75, 3.05) is 31.3 Å². The van der Waals surface area contributed by atoms with Crippen LogP contribution in [-0.4, -0.2) is 61.3 Å². The molecule has 4 aromatic rings. The van der Waals surface area contributed by atoms with E-state index in [1.807, 2.05) is 33.3 Å². The molecule has 3 N–H and O–H groups in total. The largest absolute Gasteiger partial charge is 0.494 e. The first-order valence-electron chi connectivity index (χ1n) is 11.2. The summed E-state index contributed by atoms with van der Waals surface area (Å²) in [7, 11) is 3.47. The number of anilines is 2. The maximum absolute atomic E-state index is 14.1. The van der Waals surface area contributed by atoms with Crippen LogP contribution in [0.15, 0.2) is 24.5 Å². The fourth-order valence-corrected chi connectivity index (χ4v) is 3.75. The van der Waals surface area contributed by atoms with Crippen LogP contribution in [0.25, 0.3) is 16.6 Å². The lowest BCUT2D eigenvalue weighted by Crippen LogP contribution is -2.38. The van der Waals surface area contributed by atoms with Gasteiger partial charge in [0, 0.05) is 32.3 Å². The molecule has 11 heteroatoms. The minimum Gasteiger partial charge on any atom is -0.494 e. The van der Waals surface area contributed by atoms with E-state index in [0.29, 0.717) is 34.5 Å². The summed E-state index contributed by atoms with van der Waals surface area (Å²) in [5.41, 5.74) is 7.49. The van der Waals surface area contributed by atoms with E-state index < -0.39 is 17.5 Å². The van der Waals surface area contributed by atoms with Crippen LogP contribution in [0.4, 0.5) is 16.0 Å². The lowest BCUT2D eigenvalue weighted by molar-refractivity contribution is 0.0647. The van der Waals surface area contributed by atoms with Gasteiger partial charge in [0.1, 0.15) is 17.1 Å². The molecular weight excluding hydrogens is 439 g/mol. The first-order valence-corrected chi connectivity index (χ1v) is 11.2. The Balaban J connectivity index is 1.43. The maximum Gasteiger partial charge on any atom is 0.223 e. The van der Waals surface area contributed by atoms with Gasteiger partial charge in [-0.1, -0.05) is 0 Å². The van der Waals surface area contributed by atoms with E-state index in [9.17, 15) is 9.50 Å². The first-order chi connectivity index (χ1) is 16.1. The third kappa shape index (κ3) is 4.35. The molecule has 0 radical (unpaired) electrons. The molecule has 0 amide bonds. The summed E-state index contributed by atoms with van der Waals surface area (Å²) in [6.45, 7) is 6.49. The fraction of sp³-hybridized carbons (Fsp3) is 0.478. The Kier molecular flexibility index (Phi) is 6.30. The molecule has 0 aliphatic carbocycles. The SMILES string of the molecule is COc1cc(F)cc2c1nc(N)n1nc(CCCCN(C)c3cnn(C(C)(C)C(C)O)c3)nc21. The highest BCUT2D eigenvalue weighted by Gasteiger charge is 2.27. The molecule has 34 heavy (non-hydrogen) atoms. The minimum atomic E-state index is -0.526. The second kappa shape index (κ2) is 9.05. The number of aryl methyl sites for hydroxylation is 1. The van der Waals surface area contributed by atoms with Gasteiger partial charge in [-0.3, -0.25) is 4.68 Å². The lowest BCUT2D eigenvalue weighted by Gasteiger charge is -2.28. The monoisotopic (exact) mass is 470 g/mol. The number of aromatic nitrogens is 6. The van der Waals surface area contributed by atoms with Gasteiger partial charge in [0.15, 0.2) is 11.5 Å². The van der Waals surface area contributed by atoms with Gasteiger partial charge in [0.05, 0.1) is 36.0 Å². The van der Waals surface area contributed by atoms with Crippen molar-refractivity contribution >= 4 is 28.2 Å². The molecule has 0 saturated carbocycles. The molecule has 182 valence electrons. The topological polar surface area (TPSA) is 120 Å². The van der Waals surface area contributed by atoms with E-state index in [1.54, 1.807) is 11.6 Å². The molecule has 3 heterocycles. The Labute approximate surface area is 197 Å². The normalized spacial score (nSPS) is 13.0. The van der Waals surface area contributed by atoms with Crippen LogP contribution >= 0.6 is 0 Å². The van der Waals surface area contributed by atoms with Gasteiger partial charge in [-0.15, -0.1) is 5.10 Å². The number of rotatable bonds is 9. The highest BCUT2D eigenvalue weighted by molar-refractivity contribution is 5.95. The molecule has 0 fully saturated rings. The molecule has 0 aliphatic heterocycles. The van der Waals surface area contributed by atoms with Crippen molar-refractivity contribution in [2.45, 2.75) is 51.7 Å². The van der Waals surface area contributed by atoms with Crippen molar-refractivity contribution in [1.82, 2.24) is 29.4 Å². The van der Waals surface area contributed by atoms with Gasteiger partial charge in [0.25, 0.3) is 0 Å². The molecule has 1 unspecified atom stereocenters. The zero-order chi connectivity index (χ0) is 24.6. The van der Waals surface area contributed by atoms with E-state index in [0.717, 1.165) is 25.1 Å². The van der Waals surface area contributed by atoms with E-state index in [-0.39, 0.29) is 5.95 Å². The van der Waals surface area contributed by atoms with Crippen LogP contribution in [0.2, 0.25) is 0 Å². The summed E-state index contributed by atoms with van der Waals surface area (Å²) in [6, 6.07) is 2.64. The predicted octanol–water partition coefficient (Wildman–Crippen LogP) is 2.78. The third-order valence-electron chi connectivity index (χ3n) is 6.36. The standard InChI is InChI=1S/C23H31FN8O2/c1-14(33)23(2,3)31-13-16(12-26-31)30(4)9-7-6-8-19-27-21-17-10-15(24)11-18(34-5)20(17)28-22(25)32(21)29-19/h10-14,33H,6-9H2,1-5H3,(H2,25,28). The number of aliphatic hydroxyl groups excluding tert-OH is 1. The number of benzene rings is 1. The number of methoxy groups -OCH3 is 1. The maximum atomic E-state index is 14.1. The molecule has 3 aromatic heterocycles. The van der Waals surface area contributed by atoms with Gasteiger partial charge in [-0.05, 0) is 39.7 Å². The molecule has 0 bridgehead atoms. The molecule has 0 spiro atoms. The number of hydrogen-bond donors (Lipinski definition) is 2. The molecule has 10 nitrogen and oxygen atoms in total. The predicted molar refractivity (Wildman–Crippen MR) is 129 cm³/mol. The number of unbranched alkanes of at least 4 members (excludes halogenated alkanes) is 1. The van der Waals surface area contributed by atoms with Crippen LogP contribution in [0.3, 0.4) is 0 Å². The summed E-state index contributed by atoms with van der Waals surface area (Å²) < 4.78 is 22.6. The summed E-state index contributed by atoms with van der Waals surface area (Å²) in [5, 5.41) is 19.4. The summed E-state index contributed by atoms with van der Waals surface area (Å²) in [6.07, 6.45) is 5.65. The quantitative estimate of drug-likeness (QED) is 0.358. The number of fused-ring (bicyclic) bond motifs is 3. The Morgan fingerprint density at radius 2 is 2.03 bits per heavy atom. The number of nitrogens with two attached hydrogens (primary N) is 1. The Hall–Kier alpha value is -3.47. The average molecular weight is 471 g/mol. The van der Waals surface area contributed by atoms with Gasteiger partial charge in [-0.25, -0.2) is 14.4 Å². The average Bonchev–Trinajstić information content (AvgIpc) is 3.45. The van der Waals surface area contributed by atoms with E-state index in [1.165, 1.54) is 23.8 Å². The molecule has 1 aromatic carbocycles. The number of halogens is 1. The Morgan fingerprint density at radius 1 is 1.26 bits per heavy atom. The van der Waals surface area contributed by atoms with Gasteiger partial charge >= 0.3 is 0 Å². The number of nitrogens with zero attached hydrogens (tertiary/aromatic N) is 7. The van der Waals surface area contributed by atoms with Crippen molar-refractivity contribution in [2.24, 2.45) is 0 Å². The van der Waals surface area contributed by atoms with Crippen LogP contribution in [0.1, 0.15) is 39.4 Å².